The average Bonchev–Trinajstić information content (AvgIpc) is 2.99. The molecule has 1 aliphatic heterocycles. The first-order valence-corrected chi connectivity index (χ1v) is 9.95. The fourth-order valence-electron chi connectivity index (χ4n) is 3.56. The second-order valence-corrected chi connectivity index (χ2v) is 7.63. The molecule has 1 heterocycles. The summed E-state index contributed by atoms with van der Waals surface area (Å²) in [5.74, 6) is -0.896. The van der Waals surface area contributed by atoms with Crippen molar-refractivity contribution >= 4 is 40.7 Å². The van der Waals surface area contributed by atoms with Crippen molar-refractivity contribution in [2.75, 3.05) is 10.2 Å². The van der Waals surface area contributed by atoms with Crippen LogP contribution in [0.2, 0.25) is 5.02 Å². The van der Waals surface area contributed by atoms with Crippen molar-refractivity contribution in [2.24, 2.45) is 0 Å². The van der Waals surface area contributed by atoms with Gasteiger partial charge in [-0.05, 0) is 41.8 Å². The third kappa shape index (κ3) is 3.72. The molecule has 150 valence electrons. The summed E-state index contributed by atoms with van der Waals surface area (Å²) in [6.45, 7) is 1.99. The van der Waals surface area contributed by atoms with E-state index in [9.17, 15) is 14.4 Å². The first-order valence-electron chi connectivity index (χ1n) is 9.58. The SMILES string of the molecule is CC(CC(=O)Nc1ccc(N2C(=O)c3ccccc3C2=O)c(Cl)c1)c1ccccc1. The van der Waals surface area contributed by atoms with Crippen LogP contribution in [0.1, 0.15) is 45.5 Å². The van der Waals surface area contributed by atoms with Crippen LogP contribution in [0, 0.1) is 0 Å². The molecule has 0 bridgehead atoms. The molecule has 3 amide bonds. The minimum Gasteiger partial charge on any atom is -0.326 e. The van der Waals surface area contributed by atoms with E-state index in [-0.39, 0.29) is 16.8 Å². The third-order valence-electron chi connectivity index (χ3n) is 5.13. The van der Waals surface area contributed by atoms with Gasteiger partial charge in [-0.15, -0.1) is 0 Å². The second-order valence-electron chi connectivity index (χ2n) is 7.22. The van der Waals surface area contributed by atoms with Crippen LogP contribution in [-0.4, -0.2) is 17.7 Å². The van der Waals surface area contributed by atoms with Crippen LogP contribution in [0.4, 0.5) is 11.4 Å². The molecule has 5 nitrogen and oxygen atoms in total. The maximum atomic E-state index is 12.7. The summed E-state index contributed by atoms with van der Waals surface area (Å²) in [5.41, 5.74) is 2.59. The Bertz CT molecular complexity index is 1110. The predicted octanol–water partition coefficient (Wildman–Crippen LogP) is 5.27. The molecule has 1 N–H and O–H groups in total. The molecule has 0 radical (unpaired) electrons. The standard InChI is InChI=1S/C24H19ClN2O3/c1-15(16-7-3-2-4-8-16)13-22(28)26-17-11-12-21(20(25)14-17)27-23(29)18-9-5-6-10-19(18)24(27)30/h2-12,14-15H,13H2,1H3,(H,26,28). The Labute approximate surface area is 179 Å². The van der Waals surface area contributed by atoms with Crippen molar-refractivity contribution in [3.05, 3.63) is 94.5 Å². The van der Waals surface area contributed by atoms with E-state index < -0.39 is 11.8 Å². The van der Waals surface area contributed by atoms with Gasteiger partial charge in [0.25, 0.3) is 11.8 Å². The van der Waals surface area contributed by atoms with Gasteiger partial charge in [-0.1, -0.05) is 61.0 Å². The number of nitrogens with one attached hydrogen (secondary N) is 1. The summed E-state index contributed by atoms with van der Waals surface area (Å²) in [6.07, 6.45) is 0.321. The van der Waals surface area contributed by atoms with Gasteiger partial charge in [0, 0.05) is 12.1 Å². The van der Waals surface area contributed by atoms with Crippen LogP contribution >= 0.6 is 11.6 Å². The third-order valence-corrected chi connectivity index (χ3v) is 5.43. The van der Waals surface area contributed by atoms with E-state index in [4.69, 9.17) is 11.6 Å². The van der Waals surface area contributed by atoms with Crippen LogP contribution in [-0.2, 0) is 4.79 Å². The molecule has 0 aliphatic carbocycles. The van der Waals surface area contributed by atoms with E-state index in [1.165, 1.54) is 0 Å². The highest BCUT2D eigenvalue weighted by atomic mass is 35.5. The fourth-order valence-corrected chi connectivity index (χ4v) is 3.83. The van der Waals surface area contributed by atoms with Crippen LogP contribution < -0.4 is 10.2 Å². The Kier molecular flexibility index (Phi) is 5.38. The molecule has 6 heteroatoms. The van der Waals surface area contributed by atoms with E-state index in [0.29, 0.717) is 28.9 Å². The number of rotatable bonds is 5. The molecule has 1 unspecified atom stereocenters. The molecule has 30 heavy (non-hydrogen) atoms. The molecule has 0 saturated carbocycles. The number of amides is 3. The molecule has 0 saturated heterocycles. The number of imide groups is 1. The van der Waals surface area contributed by atoms with Crippen LogP contribution in [0.15, 0.2) is 72.8 Å². The van der Waals surface area contributed by atoms with Crippen molar-refractivity contribution in [2.45, 2.75) is 19.3 Å². The first-order chi connectivity index (χ1) is 14.5. The molecule has 1 atom stereocenters. The summed E-state index contributed by atoms with van der Waals surface area (Å²) in [5, 5.41) is 3.04. The van der Waals surface area contributed by atoms with Crippen LogP contribution in [0.3, 0.4) is 0 Å². The zero-order valence-electron chi connectivity index (χ0n) is 16.3. The highest BCUT2D eigenvalue weighted by Gasteiger charge is 2.37. The monoisotopic (exact) mass is 418 g/mol. The maximum absolute atomic E-state index is 12.7. The Hall–Kier alpha value is -3.44. The number of carbonyl (C=O) groups excluding carboxylic acids is 3. The summed E-state index contributed by atoms with van der Waals surface area (Å²) in [7, 11) is 0. The molecule has 1 aliphatic rings. The summed E-state index contributed by atoms with van der Waals surface area (Å²) in [4.78, 5) is 38.8. The second kappa shape index (κ2) is 8.13. The lowest BCUT2D eigenvalue weighted by atomic mass is 9.97. The Morgan fingerprint density at radius 3 is 2.13 bits per heavy atom. The van der Waals surface area contributed by atoms with Gasteiger partial charge in [-0.25, -0.2) is 4.90 Å². The van der Waals surface area contributed by atoms with E-state index in [0.717, 1.165) is 10.5 Å². The molecule has 0 fully saturated rings. The highest BCUT2D eigenvalue weighted by molar-refractivity contribution is 6.40. The lowest BCUT2D eigenvalue weighted by molar-refractivity contribution is -0.116. The lowest BCUT2D eigenvalue weighted by Gasteiger charge is -2.17. The maximum Gasteiger partial charge on any atom is 0.266 e. The Balaban J connectivity index is 1.48. The van der Waals surface area contributed by atoms with Gasteiger partial charge in [0.05, 0.1) is 21.8 Å². The zero-order chi connectivity index (χ0) is 21.3. The topological polar surface area (TPSA) is 66.5 Å². The molecule has 3 aromatic carbocycles. The van der Waals surface area contributed by atoms with Crippen LogP contribution in [0.5, 0.6) is 0 Å². The van der Waals surface area contributed by atoms with Gasteiger partial charge < -0.3 is 5.32 Å². The minimum absolute atomic E-state index is 0.0688. The van der Waals surface area contributed by atoms with Gasteiger partial charge in [-0.3, -0.25) is 14.4 Å². The zero-order valence-corrected chi connectivity index (χ0v) is 17.0. The number of nitrogens with zero attached hydrogens (tertiary/aromatic N) is 1. The smallest absolute Gasteiger partial charge is 0.266 e. The van der Waals surface area contributed by atoms with E-state index >= 15 is 0 Å². The molecular weight excluding hydrogens is 400 g/mol. The quantitative estimate of drug-likeness (QED) is 0.574. The number of hydrogen-bond donors (Lipinski definition) is 1. The summed E-state index contributed by atoms with van der Waals surface area (Å²) < 4.78 is 0. The Morgan fingerprint density at radius 2 is 1.53 bits per heavy atom. The number of hydrogen-bond acceptors (Lipinski definition) is 3. The number of fused-ring (bicyclic) bond motifs is 1. The van der Waals surface area contributed by atoms with Crippen LogP contribution in [0.25, 0.3) is 0 Å². The average molecular weight is 419 g/mol. The molecule has 0 aromatic heterocycles. The van der Waals surface area contributed by atoms with Gasteiger partial charge in [-0.2, -0.15) is 0 Å². The summed E-state index contributed by atoms with van der Waals surface area (Å²) in [6, 6.07) is 21.2. The van der Waals surface area contributed by atoms with Gasteiger partial charge >= 0.3 is 0 Å². The van der Waals surface area contributed by atoms with Crippen molar-refractivity contribution < 1.29 is 14.4 Å². The van der Waals surface area contributed by atoms with Crippen molar-refractivity contribution in [1.29, 1.82) is 0 Å². The normalized spacial score (nSPS) is 13.9. The van der Waals surface area contributed by atoms with Crippen molar-refractivity contribution in [3.63, 3.8) is 0 Å². The van der Waals surface area contributed by atoms with Crippen molar-refractivity contribution in [1.82, 2.24) is 0 Å². The Morgan fingerprint density at radius 1 is 0.933 bits per heavy atom. The lowest BCUT2D eigenvalue weighted by Crippen LogP contribution is -2.29. The fraction of sp³-hybridized carbons (Fsp3) is 0.125. The van der Waals surface area contributed by atoms with Gasteiger partial charge in [0.2, 0.25) is 5.91 Å². The number of carbonyl (C=O) groups is 3. The van der Waals surface area contributed by atoms with E-state index in [2.05, 4.69) is 5.32 Å². The number of anilines is 2. The highest BCUT2D eigenvalue weighted by Crippen LogP contribution is 2.35. The molecule has 3 aromatic rings. The van der Waals surface area contributed by atoms with Gasteiger partial charge in [0.15, 0.2) is 0 Å². The van der Waals surface area contributed by atoms with Gasteiger partial charge in [0.1, 0.15) is 0 Å². The summed E-state index contributed by atoms with van der Waals surface area (Å²) >= 11 is 6.37. The number of halogens is 1. The van der Waals surface area contributed by atoms with Crippen molar-refractivity contribution in [3.8, 4) is 0 Å². The molecule has 0 spiro atoms. The van der Waals surface area contributed by atoms with E-state index in [1.54, 1.807) is 42.5 Å². The van der Waals surface area contributed by atoms with E-state index in [1.807, 2.05) is 37.3 Å². The first kappa shape index (κ1) is 19.9. The molecule has 4 rings (SSSR count). The predicted molar refractivity (Wildman–Crippen MR) is 117 cm³/mol. The largest absolute Gasteiger partial charge is 0.326 e. The minimum atomic E-state index is -0.411. The molecular formula is C24H19ClN2O3. The number of benzene rings is 3.